The second kappa shape index (κ2) is 5.07. The SMILES string of the molecule is CC(C)(COCc1ccccc1F)C(=O)O. The largest absolute Gasteiger partial charge is 0.481 e. The van der Waals surface area contributed by atoms with E-state index in [2.05, 4.69) is 0 Å². The Morgan fingerprint density at radius 2 is 2.06 bits per heavy atom. The lowest BCUT2D eigenvalue weighted by atomic mass is 9.95. The quantitative estimate of drug-likeness (QED) is 0.838. The zero-order chi connectivity index (χ0) is 12.2. The smallest absolute Gasteiger partial charge is 0.311 e. The molecule has 0 aliphatic rings. The van der Waals surface area contributed by atoms with Crippen molar-refractivity contribution in [1.29, 1.82) is 0 Å². The molecule has 0 unspecified atom stereocenters. The van der Waals surface area contributed by atoms with Crippen LogP contribution in [-0.2, 0) is 16.1 Å². The first-order valence-electron chi connectivity index (χ1n) is 4.98. The summed E-state index contributed by atoms with van der Waals surface area (Å²) in [5, 5.41) is 8.84. The van der Waals surface area contributed by atoms with Gasteiger partial charge in [-0.3, -0.25) is 4.79 Å². The molecule has 3 nitrogen and oxygen atoms in total. The molecule has 0 aliphatic heterocycles. The first-order chi connectivity index (χ1) is 7.43. The van der Waals surface area contributed by atoms with Crippen LogP contribution in [0.25, 0.3) is 0 Å². The van der Waals surface area contributed by atoms with E-state index in [0.717, 1.165) is 0 Å². The first kappa shape index (κ1) is 12.6. The Morgan fingerprint density at radius 1 is 1.44 bits per heavy atom. The molecule has 0 heterocycles. The van der Waals surface area contributed by atoms with Crippen molar-refractivity contribution < 1.29 is 19.0 Å². The molecule has 16 heavy (non-hydrogen) atoms. The molecule has 0 radical (unpaired) electrons. The molecule has 1 aromatic carbocycles. The van der Waals surface area contributed by atoms with Crippen molar-refractivity contribution in [2.75, 3.05) is 6.61 Å². The highest BCUT2D eigenvalue weighted by atomic mass is 19.1. The van der Waals surface area contributed by atoms with Gasteiger partial charge in [0, 0.05) is 5.56 Å². The van der Waals surface area contributed by atoms with E-state index in [1.54, 1.807) is 32.0 Å². The number of halogens is 1. The molecule has 0 saturated heterocycles. The number of benzene rings is 1. The lowest BCUT2D eigenvalue weighted by Gasteiger charge is -2.18. The fraction of sp³-hybridized carbons (Fsp3) is 0.417. The lowest BCUT2D eigenvalue weighted by Crippen LogP contribution is -2.29. The maximum atomic E-state index is 13.2. The summed E-state index contributed by atoms with van der Waals surface area (Å²) in [5.74, 6) is -1.27. The van der Waals surface area contributed by atoms with E-state index in [1.165, 1.54) is 6.07 Å². The molecule has 0 bridgehead atoms. The van der Waals surface area contributed by atoms with Gasteiger partial charge >= 0.3 is 5.97 Å². The Balaban J connectivity index is 2.48. The third-order valence-electron chi connectivity index (χ3n) is 2.26. The Kier molecular flexibility index (Phi) is 4.01. The predicted octanol–water partition coefficient (Wildman–Crippen LogP) is 2.45. The molecule has 0 fully saturated rings. The minimum atomic E-state index is -0.953. The topological polar surface area (TPSA) is 46.5 Å². The fourth-order valence-corrected chi connectivity index (χ4v) is 1.09. The highest BCUT2D eigenvalue weighted by Crippen LogP contribution is 2.17. The number of carboxylic acid groups (broad SMARTS) is 1. The average Bonchev–Trinajstić information content (AvgIpc) is 2.20. The van der Waals surface area contributed by atoms with Gasteiger partial charge in [-0.15, -0.1) is 0 Å². The zero-order valence-electron chi connectivity index (χ0n) is 9.37. The molecule has 1 aromatic rings. The van der Waals surface area contributed by atoms with E-state index in [1.807, 2.05) is 0 Å². The molecule has 1 rings (SSSR count). The van der Waals surface area contributed by atoms with E-state index in [-0.39, 0.29) is 19.0 Å². The summed E-state index contributed by atoms with van der Waals surface area (Å²) in [6, 6.07) is 6.27. The minimum absolute atomic E-state index is 0.0522. The summed E-state index contributed by atoms with van der Waals surface area (Å²) >= 11 is 0. The van der Waals surface area contributed by atoms with Crippen LogP contribution >= 0.6 is 0 Å². The van der Waals surface area contributed by atoms with Gasteiger partial charge in [0.15, 0.2) is 0 Å². The lowest BCUT2D eigenvalue weighted by molar-refractivity contribution is -0.150. The van der Waals surface area contributed by atoms with Crippen molar-refractivity contribution in [3.05, 3.63) is 35.6 Å². The molecule has 4 heteroatoms. The van der Waals surface area contributed by atoms with E-state index in [9.17, 15) is 9.18 Å². The van der Waals surface area contributed by atoms with Crippen molar-refractivity contribution in [2.24, 2.45) is 5.41 Å². The van der Waals surface area contributed by atoms with Crippen LogP contribution in [-0.4, -0.2) is 17.7 Å². The summed E-state index contributed by atoms with van der Waals surface area (Å²) in [6.07, 6.45) is 0. The van der Waals surface area contributed by atoms with Crippen LogP contribution in [0.4, 0.5) is 4.39 Å². The van der Waals surface area contributed by atoms with Gasteiger partial charge in [0.05, 0.1) is 18.6 Å². The summed E-state index contributed by atoms with van der Waals surface area (Å²) < 4.78 is 18.4. The van der Waals surface area contributed by atoms with Crippen molar-refractivity contribution in [3.8, 4) is 0 Å². The molecule has 0 aromatic heterocycles. The van der Waals surface area contributed by atoms with Gasteiger partial charge in [0.25, 0.3) is 0 Å². The third kappa shape index (κ3) is 3.31. The molecule has 0 amide bonds. The number of carboxylic acids is 1. The van der Waals surface area contributed by atoms with Crippen molar-refractivity contribution in [2.45, 2.75) is 20.5 Å². The monoisotopic (exact) mass is 226 g/mol. The van der Waals surface area contributed by atoms with Crippen LogP contribution in [0.2, 0.25) is 0 Å². The molecule has 0 atom stereocenters. The average molecular weight is 226 g/mol. The molecule has 0 spiro atoms. The Hall–Kier alpha value is -1.42. The van der Waals surface area contributed by atoms with Gasteiger partial charge in [0.2, 0.25) is 0 Å². The second-order valence-electron chi connectivity index (χ2n) is 4.27. The van der Waals surface area contributed by atoms with Gasteiger partial charge in [-0.05, 0) is 19.9 Å². The number of hydrogen-bond acceptors (Lipinski definition) is 2. The molecule has 0 saturated carbocycles. The van der Waals surface area contributed by atoms with Gasteiger partial charge < -0.3 is 9.84 Å². The summed E-state index contributed by atoms with van der Waals surface area (Å²) in [7, 11) is 0. The number of carbonyl (C=O) groups is 1. The van der Waals surface area contributed by atoms with E-state index in [4.69, 9.17) is 9.84 Å². The maximum Gasteiger partial charge on any atom is 0.311 e. The minimum Gasteiger partial charge on any atom is -0.481 e. The summed E-state index contributed by atoms with van der Waals surface area (Å²) in [5.41, 5.74) is -0.519. The Bertz CT molecular complexity index is 374. The summed E-state index contributed by atoms with van der Waals surface area (Å²) in [4.78, 5) is 10.8. The highest BCUT2D eigenvalue weighted by Gasteiger charge is 2.27. The molecule has 88 valence electrons. The third-order valence-corrected chi connectivity index (χ3v) is 2.26. The van der Waals surface area contributed by atoms with Gasteiger partial charge in [0.1, 0.15) is 5.82 Å². The number of hydrogen-bond donors (Lipinski definition) is 1. The zero-order valence-corrected chi connectivity index (χ0v) is 9.37. The fourth-order valence-electron chi connectivity index (χ4n) is 1.09. The van der Waals surface area contributed by atoms with Gasteiger partial charge in [-0.2, -0.15) is 0 Å². The van der Waals surface area contributed by atoms with Crippen LogP contribution in [0.15, 0.2) is 24.3 Å². The van der Waals surface area contributed by atoms with E-state index < -0.39 is 11.4 Å². The van der Waals surface area contributed by atoms with Gasteiger partial charge in [-0.1, -0.05) is 18.2 Å². The standard InChI is InChI=1S/C12H15FO3/c1-12(2,11(14)15)8-16-7-9-5-3-4-6-10(9)13/h3-6H,7-8H2,1-2H3,(H,14,15). The second-order valence-corrected chi connectivity index (χ2v) is 4.27. The number of ether oxygens (including phenoxy) is 1. The number of rotatable bonds is 5. The van der Waals surface area contributed by atoms with E-state index in [0.29, 0.717) is 5.56 Å². The number of aliphatic carboxylic acids is 1. The van der Waals surface area contributed by atoms with Crippen molar-refractivity contribution in [1.82, 2.24) is 0 Å². The normalized spacial score (nSPS) is 11.4. The summed E-state index contributed by atoms with van der Waals surface area (Å²) in [6.45, 7) is 3.27. The Labute approximate surface area is 93.9 Å². The molecule has 1 N–H and O–H groups in total. The van der Waals surface area contributed by atoms with Crippen molar-refractivity contribution in [3.63, 3.8) is 0 Å². The van der Waals surface area contributed by atoms with Crippen LogP contribution < -0.4 is 0 Å². The molecular weight excluding hydrogens is 211 g/mol. The van der Waals surface area contributed by atoms with Crippen LogP contribution in [0.5, 0.6) is 0 Å². The molecular formula is C12H15FO3. The Morgan fingerprint density at radius 3 is 2.62 bits per heavy atom. The van der Waals surface area contributed by atoms with Crippen molar-refractivity contribution >= 4 is 5.97 Å². The van der Waals surface area contributed by atoms with E-state index >= 15 is 0 Å². The van der Waals surface area contributed by atoms with Crippen LogP contribution in [0, 0.1) is 11.2 Å². The molecule has 0 aliphatic carbocycles. The predicted molar refractivity (Wildman–Crippen MR) is 57.5 cm³/mol. The van der Waals surface area contributed by atoms with Gasteiger partial charge in [-0.25, -0.2) is 4.39 Å². The van der Waals surface area contributed by atoms with Crippen LogP contribution in [0.3, 0.4) is 0 Å². The van der Waals surface area contributed by atoms with Crippen LogP contribution in [0.1, 0.15) is 19.4 Å². The highest BCUT2D eigenvalue weighted by molar-refractivity contribution is 5.73. The maximum absolute atomic E-state index is 13.2. The first-order valence-corrected chi connectivity index (χ1v) is 4.98.